The van der Waals surface area contributed by atoms with Gasteiger partial charge in [-0.3, -0.25) is 0 Å². The molecule has 19 heavy (non-hydrogen) atoms. The molecular formula is C16H19NO2. The zero-order valence-corrected chi connectivity index (χ0v) is 11.5. The van der Waals surface area contributed by atoms with Crippen molar-refractivity contribution in [2.45, 2.75) is 26.8 Å². The summed E-state index contributed by atoms with van der Waals surface area (Å²) in [6.45, 7) is 6.60. The predicted molar refractivity (Wildman–Crippen MR) is 75.0 cm³/mol. The van der Waals surface area contributed by atoms with Crippen molar-refractivity contribution in [3.8, 4) is 11.5 Å². The lowest BCUT2D eigenvalue weighted by atomic mass is 10.1. The minimum absolute atomic E-state index is 0.645. The van der Waals surface area contributed by atoms with E-state index in [9.17, 15) is 0 Å². The van der Waals surface area contributed by atoms with Gasteiger partial charge in [-0.15, -0.1) is 0 Å². The van der Waals surface area contributed by atoms with E-state index in [1.807, 2.05) is 6.07 Å². The van der Waals surface area contributed by atoms with Gasteiger partial charge in [-0.2, -0.15) is 0 Å². The van der Waals surface area contributed by atoms with Gasteiger partial charge in [0.2, 0.25) is 0 Å². The summed E-state index contributed by atoms with van der Waals surface area (Å²) < 4.78 is 13.5. The van der Waals surface area contributed by atoms with E-state index in [1.165, 1.54) is 17.0 Å². The zero-order chi connectivity index (χ0) is 13.2. The molecule has 3 rings (SSSR count). The van der Waals surface area contributed by atoms with Crippen molar-refractivity contribution >= 4 is 0 Å². The number of nitrogens with zero attached hydrogens (tertiary/aromatic N) is 1. The highest BCUT2D eigenvalue weighted by Gasteiger charge is 2.11. The van der Waals surface area contributed by atoms with Crippen molar-refractivity contribution in [1.29, 1.82) is 0 Å². The monoisotopic (exact) mass is 257 g/mol. The summed E-state index contributed by atoms with van der Waals surface area (Å²) in [5.41, 5.74) is 3.92. The van der Waals surface area contributed by atoms with Crippen LogP contribution in [0.5, 0.6) is 11.5 Å². The Labute approximate surface area is 113 Å². The van der Waals surface area contributed by atoms with E-state index in [-0.39, 0.29) is 0 Å². The molecular weight excluding hydrogens is 238 g/mol. The minimum atomic E-state index is 0.645. The molecule has 1 aromatic carbocycles. The van der Waals surface area contributed by atoms with Gasteiger partial charge in [-0.05, 0) is 50.1 Å². The summed E-state index contributed by atoms with van der Waals surface area (Å²) in [6, 6.07) is 10.6. The first-order valence-electron chi connectivity index (χ1n) is 6.75. The van der Waals surface area contributed by atoms with Gasteiger partial charge < -0.3 is 14.0 Å². The molecule has 0 bridgehead atoms. The summed E-state index contributed by atoms with van der Waals surface area (Å²) in [4.78, 5) is 0. The molecule has 0 N–H and O–H groups in total. The van der Waals surface area contributed by atoms with E-state index >= 15 is 0 Å². The number of fused-ring (bicyclic) bond motifs is 1. The summed E-state index contributed by atoms with van der Waals surface area (Å²) in [5, 5.41) is 0. The van der Waals surface area contributed by atoms with Crippen LogP contribution in [0.15, 0.2) is 30.3 Å². The van der Waals surface area contributed by atoms with Crippen LogP contribution in [0.1, 0.15) is 17.0 Å². The Morgan fingerprint density at radius 1 is 0.947 bits per heavy atom. The molecule has 1 aliphatic heterocycles. The molecule has 0 radical (unpaired) electrons. The van der Waals surface area contributed by atoms with Crippen molar-refractivity contribution in [2.75, 3.05) is 13.2 Å². The first kappa shape index (κ1) is 12.2. The van der Waals surface area contributed by atoms with Crippen molar-refractivity contribution < 1.29 is 9.47 Å². The molecule has 100 valence electrons. The van der Waals surface area contributed by atoms with Crippen LogP contribution in [0, 0.1) is 13.8 Å². The lowest BCUT2D eigenvalue weighted by Crippen LogP contribution is -2.15. The third-order valence-corrected chi connectivity index (χ3v) is 3.65. The normalized spacial score (nSPS) is 13.6. The van der Waals surface area contributed by atoms with Gasteiger partial charge in [0.25, 0.3) is 0 Å². The standard InChI is InChI=1S/C16H19NO2/c1-12-3-4-13(2)17(12)8-7-14-5-6-15-16(11-14)19-10-9-18-15/h3-6,11H,7-10H2,1-2H3. The second kappa shape index (κ2) is 5.00. The summed E-state index contributed by atoms with van der Waals surface area (Å²) in [6.07, 6.45) is 1.01. The predicted octanol–water partition coefficient (Wildman–Crippen LogP) is 3.12. The molecule has 0 amide bonds. The lowest BCUT2D eigenvalue weighted by molar-refractivity contribution is 0.171. The molecule has 2 aromatic rings. The fraction of sp³-hybridized carbons (Fsp3) is 0.375. The Kier molecular flexibility index (Phi) is 3.20. The van der Waals surface area contributed by atoms with E-state index in [0.29, 0.717) is 13.2 Å². The Morgan fingerprint density at radius 3 is 2.37 bits per heavy atom. The van der Waals surface area contributed by atoms with Gasteiger partial charge in [-0.25, -0.2) is 0 Å². The average Bonchev–Trinajstić information content (AvgIpc) is 2.76. The SMILES string of the molecule is Cc1ccc(C)n1CCc1ccc2c(c1)OCCO2. The van der Waals surface area contributed by atoms with E-state index in [2.05, 4.69) is 42.7 Å². The van der Waals surface area contributed by atoms with Gasteiger partial charge in [-0.1, -0.05) is 6.07 Å². The molecule has 1 aromatic heterocycles. The van der Waals surface area contributed by atoms with Crippen LogP contribution in [0.4, 0.5) is 0 Å². The lowest BCUT2D eigenvalue weighted by Gasteiger charge is -2.19. The highest BCUT2D eigenvalue weighted by Crippen LogP contribution is 2.31. The van der Waals surface area contributed by atoms with Crippen LogP contribution in [0.3, 0.4) is 0 Å². The Morgan fingerprint density at radius 2 is 1.63 bits per heavy atom. The maximum Gasteiger partial charge on any atom is 0.161 e. The highest BCUT2D eigenvalue weighted by atomic mass is 16.6. The highest BCUT2D eigenvalue weighted by molar-refractivity contribution is 5.43. The van der Waals surface area contributed by atoms with Gasteiger partial charge in [0, 0.05) is 17.9 Å². The molecule has 2 heterocycles. The van der Waals surface area contributed by atoms with Crippen LogP contribution >= 0.6 is 0 Å². The van der Waals surface area contributed by atoms with E-state index < -0.39 is 0 Å². The molecule has 3 heteroatoms. The Hall–Kier alpha value is -1.90. The largest absolute Gasteiger partial charge is 0.486 e. The number of aryl methyl sites for hydroxylation is 3. The van der Waals surface area contributed by atoms with Gasteiger partial charge >= 0.3 is 0 Å². The second-order valence-electron chi connectivity index (χ2n) is 5.00. The number of rotatable bonds is 3. The fourth-order valence-corrected chi connectivity index (χ4v) is 2.54. The minimum Gasteiger partial charge on any atom is -0.486 e. The Balaban J connectivity index is 1.74. The molecule has 3 nitrogen and oxygen atoms in total. The van der Waals surface area contributed by atoms with E-state index in [1.54, 1.807) is 0 Å². The van der Waals surface area contributed by atoms with Crippen molar-refractivity contribution in [3.63, 3.8) is 0 Å². The quantitative estimate of drug-likeness (QED) is 0.843. The molecule has 0 unspecified atom stereocenters. The van der Waals surface area contributed by atoms with E-state index in [4.69, 9.17) is 9.47 Å². The van der Waals surface area contributed by atoms with Crippen LogP contribution in [-0.2, 0) is 13.0 Å². The first-order chi connectivity index (χ1) is 9.24. The smallest absolute Gasteiger partial charge is 0.161 e. The summed E-state index contributed by atoms with van der Waals surface area (Å²) >= 11 is 0. The van der Waals surface area contributed by atoms with Crippen molar-refractivity contribution in [2.24, 2.45) is 0 Å². The maximum absolute atomic E-state index is 5.62. The van der Waals surface area contributed by atoms with Gasteiger partial charge in [0.15, 0.2) is 11.5 Å². The number of ether oxygens (including phenoxy) is 2. The molecule has 0 atom stereocenters. The van der Waals surface area contributed by atoms with Crippen LogP contribution in [0.2, 0.25) is 0 Å². The number of benzene rings is 1. The molecule has 0 saturated carbocycles. The number of hydrogen-bond donors (Lipinski definition) is 0. The summed E-state index contributed by atoms with van der Waals surface area (Å²) in [5.74, 6) is 1.74. The third kappa shape index (κ3) is 2.46. The van der Waals surface area contributed by atoms with E-state index in [0.717, 1.165) is 24.5 Å². The van der Waals surface area contributed by atoms with Crippen LogP contribution in [0.25, 0.3) is 0 Å². The van der Waals surface area contributed by atoms with Crippen LogP contribution < -0.4 is 9.47 Å². The number of aromatic nitrogens is 1. The molecule has 0 fully saturated rings. The molecule has 0 aliphatic carbocycles. The third-order valence-electron chi connectivity index (χ3n) is 3.65. The Bertz CT molecular complexity index is 567. The fourth-order valence-electron chi connectivity index (χ4n) is 2.54. The summed E-state index contributed by atoms with van der Waals surface area (Å²) in [7, 11) is 0. The topological polar surface area (TPSA) is 23.4 Å². The molecule has 0 saturated heterocycles. The van der Waals surface area contributed by atoms with Crippen LogP contribution in [-0.4, -0.2) is 17.8 Å². The van der Waals surface area contributed by atoms with Gasteiger partial charge in [0.1, 0.15) is 13.2 Å². The first-order valence-corrected chi connectivity index (χ1v) is 6.75. The average molecular weight is 257 g/mol. The van der Waals surface area contributed by atoms with Crippen molar-refractivity contribution in [1.82, 2.24) is 4.57 Å². The maximum atomic E-state index is 5.62. The second-order valence-corrected chi connectivity index (χ2v) is 5.00. The molecule has 1 aliphatic rings. The van der Waals surface area contributed by atoms with Gasteiger partial charge in [0.05, 0.1) is 0 Å². The zero-order valence-electron chi connectivity index (χ0n) is 11.5. The molecule has 0 spiro atoms. The number of hydrogen-bond acceptors (Lipinski definition) is 2. The van der Waals surface area contributed by atoms with Crippen molar-refractivity contribution in [3.05, 3.63) is 47.3 Å².